The minimum Gasteiger partial charge on any atom is -0.481 e. The van der Waals surface area contributed by atoms with Crippen molar-refractivity contribution in [3.8, 4) is 0 Å². The number of carboxylic acid groups (broad SMARTS) is 1. The molecular weight excluding hydrogens is 445 g/mol. The molecule has 2 aromatic rings. The molecule has 34 heavy (non-hydrogen) atoms. The van der Waals surface area contributed by atoms with Crippen LogP contribution in [0.2, 0.25) is 0 Å². The number of benzene rings is 2. The summed E-state index contributed by atoms with van der Waals surface area (Å²) in [6.07, 6.45) is 2.70. The zero-order valence-electron chi connectivity index (χ0n) is 18.4. The van der Waals surface area contributed by atoms with Gasteiger partial charge in [0.25, 0.3) is 0 Å². The predicted octanol–water partition coefficient (Wildman–Crippen LogP) is 6.03. The molecule has 3 unspecified atom stereocenters. The number of carbonyl (C=O) groups excluding carboxylic acids is 1. The number of alkyl halides is 3. The van der Waals surface area contributed by atoms with Crippen molar-refractivity contribution in [2.24, 2.45) is 11.8 Å². The highest BCUT2D eigenvalue weighted by atomic mass is 19.4. The molecule has 3 atom stereocenters. The first-order chi connectivity index (χ1) is 16.2. The van der Waals surface area contributed by atoms with Gasteiger partial charge >= 0.3 is 18.1 Å². The minimum absolute atomic E-state index is 0.0410. The number of esters is 1. The molecule has 2 aromatic carbocycles. The number of allylic oxidation sites excluding steroid dienone is 4. The van der Waals surface area contributed by atoms with Crippen LogP contribution in [0.15, 0.2) is 66.8 Å². The lowest BCUT2D eigenvalue weighted by Crippen LogP contribution is -2.20. The Morgan fingerprint density at radius 1 is 1.09 bits per heavy atom. The average Bonchev–Trinajstić information content (AvgIpc) is 3.13. The van der Waals surface area contributed by atoms with Gasteiger partial charge in [0.05, 0.1) is 18.1 Å². The number of ether oxygens (including phenoxy) is 1. The molecule has 0 bridgehead atoms. The Kier molecular flexibility index (Phi) is 6.91. The van der Waals surface area contributed by atoms with E-state index < -0.39 is 29.6 Å². The van der Waals surface area contributed by atoms with Gasteiger partial charge in [0.1, 0.15) is 0 Å². The SMILES string of the molecule is O=C(CCC(Cc1ccc(C(F)(F)F)cc1)C(=O)O)OCC1c2ccccc2C2=CC=CCC21. The van der Waals surface area contributed by atoms with Crippen molar-refractivity contribution in [3.05, 3.63) is 89.0 Å². The van der Waals surface area contributed by atoms with E-state index in [2.05, 4.69) is 24.3 Å². The summed E-state index contributed by atoms with van der Waals surface area (Å²) < 4.78 is 43.7. The predicted molar refractivity (Wildman–Crippen MR) is 121 cm³/mol. The molecule has 0 fully saturated rings. The van der Waals surface area contributed by atoms with Gasteiger partial charge in [0, 0.05) is 12.3 Å². The first-order valence-electron chi connectivity index (χ1n) is 11.2. The molecule has 178 valence electrons. The van der Waals surface area contributed by atoms with Gasteiger partial charge in [0.15, 0.2) is 0 Å². The zero-order chi connectivity index (χ0) is 24.3. The van der Waals surface area contributed by atoms with Gasteiger partial charge in [-0.05, 0) is 59.6 Å². The normalized spacial score (nSPS) is 19.7. The summed E-state index contributed by atoms with van der Waals surface area (Å²) >= 11 is 0. The van der Waals surface area contributed by atoms with Gasteiger partial charge in [-0.15, -0.1) is 0 Å². The topological polar surface area (TPSA) is 63.6 Å². The van der Waals surface area contributed by atoms with E-state index in [9.17, 15) is 27.9 Å². The van der Waals surface area contributed by atoms with Crippen LogP contribution in [-0.4, -0.2) is 23.7 Å². The Balaban J connectivity index is 1.32. The largest absolute Gasteiger partial charge is 0.481 e. The van der Waals surface area contributed by atoms with E-state index >= 15 is 0 Å². The number of hydrogen-bond donors (Lipinski definition) is 1. The summed E-state index contributed by atoms with van der Waals surface area (Å²) in [4.78, 5) is 24.1. The fourth-order valence-corrected chi connectivity index (χ4v) is 4.80. The summed E-state index contributed by atoms with van der Waals surface area (Å²) in [7, 11) is 0. The van der Waals surface area contributed by atoms with Crippen LogP contribution < -0.4 is 0 Å². The highest BCUT2D eigenvalue weighted by Crippen LogP contribution is 2.49. The maximum Gasteiger partial charge on any atom is 0.416 e. The van der Waals surface area contributed by atoms with Crippen LogP contribution in [-0.2, 0) is 26.9 Å². The fraction of sp³-hybridized carbons (Fsp3) is 0.333. The molecule has 0 saturated heterocycles. The molecule has 2 aliphatic rings. The van der Waals surface area contributed by atoms with Crippen LogP contribution in [0.4, 0.5) is 13.2 Å². The molecule has 7 heteroatoms. The molecule has 0 saturated carbocycles. The molecule has 0 spiro atoms. The van der Waals surface area contributed by atoms with Gasteiger partial charge < -0.3 is 9.84 Å². The van der Waals surface area contributed by atoms with Crippen molar-refractivity contribution >= 4 is 17.5 Å². The van der Waals surface area contributed by atoms with E-state index in [1.807, 2.05) is 18.2 Å². The van der Waals surface area contributed by atoms with Crippen LogP contribution in [0.3, 0.4) is 0 Å². The number of fused-ring (bicyclic) bond motifs is 3. The van der Waals surface area contributed by atoms with Gasteiger partial charge in [-0.3, -0.25) is 9.59 Å². The lowest BCUT2D eigenvalue weighted by atomic mass is 9.86. The standard InChI is InChI=1S/C27H25F3O4/c28-27(29,30)19-12-9-17(10-13-19)15-18(26(32)33)11-14-25(31)34-16-24-22-7-3-1-5-20(22)21-6-2-4-8-23(21)24/h1-7,9-10,12-13,18,23-24H,8,11,14-16H2,(H,32,33). The summed E-state index contributed by atoms with van der Waals surface area (Å²) in [5, 5.41) is 9.53. The van der Waals surface area contributed by atoms with E-state index in [4.69, 9.17) is 4.74 Å². The highest BCUT2D eigenvalue weighted by Gasteiger charge is 2.37. The van der Waals surface area contributed by atoms with Gasteiger partial charge in [0.2, 0.25) is 0 Å². The maximum atomic E-state index is 12.7. The molecule has 0 amide bonds. The third-order valence-electron chi connectivity index (χ3n) is 6.59. The third kappa shape index (κ3) is 5.24. The first-order valence-corrected chi connectivity index (χ1v) is 11.2. The fourth-order valence-electron chi connectivity index (χ4n) is 4.80. The van der Waals surface area contributed by atoms with E-state index in [0.717, 1.165) is 24.1 Å². The molecule has 0 aliphatic heterocycles. The maximum absolute atomic E-state index is 12.7. The molecule has 0 aromatic heterocycles. The zero-order valence-corrected chi connectivity index (χ0v) is 18.4. The molecular formula is C27H25F3O4. The van der Waals surface area contributed by atoms with Crippen molar-refractivity contribution < 1.29 is 32.6 Å². The second kappa shape index (κ2) is 9.87. The molecule has 4 nitrogen and oxygen atoms in total. The van der Waals surface area contributed by atoms with Crippen LogP contribution in [0.5, 0.6) is 0 Å². The minimum atomic E-state index is -4.45. The van der Waals surface area contributed by atoms with E-state index in [-0.39, 0.29) is 37.7 Å². The first kappa shape index (κ1) is 23.8. The molecule has 2 aliphatic carbocycles. The monoisotopic (exact) mass is 470 g/mol. The van der Waals surface area contributed by atoms with Crippen molar-refractivity contribution in [2.75, 3.05) is 6.61 Å². The van der Waals surface area contributed by atoms with Crippen LogP contribution in [0.1, 0.15) is 47.4 Å². The molecule has 0 heterocycles. The summed E-state index contributed by atoms with van der Waals surface area (Å²) in [6.45, 7) is 0.225. The Morgan fingerprint density at radius 2 is 1.82 bits per heavy atom. The van der Waals surface area contributed by atoms with E-state index in [1.54, 1.807) is 0 Å². The van der Waals surface area contributed by atoms with Crippen molar-refractivity contribution in [1.82, 2.24) is 0 Å². The van der Waals surface area contributed by atoms with Crippen LogP contribution >= 0.6 is 0 Å². The number of hydrogen-bond acceptors (Lipinski definition) is 3. The number of rotatable bonds is 8. The van der Waals surface area contributed by atoms with Crippen molar-refractivity contribution in [2.45, 2.75) is 37.8 Å². The number of aliphatic carboxylic acids is 1. The highest BCUT2D eigenvalue weighted by molar-refractivity contribution is 5.78. The summed E-state index contributed by atoms with van der Waals surface area (Å²) in [6, 6.07) is 12.5. The van der Waals surface area contributed by atoms with Crippen molar-refractivity contribution in [1.29, 1.82) is 0 Å². The number of halogens is 3. The van der Waals surface area contributed by atoms with Crippen LogP contribution in [0.25, 0.3) is 5.57 Å². The quantitative estimate of drug-likeness (QED) is 0.479. The lowest BCUT2D eigenvalue weighted by Gasteiger charge is -2.22. The second-order valence-corrected chi connectivity index (χ2v) is 8.74. The number of carboxylic acids is 1. The number of carbonyl (C=O) groups is 2. The van der Waals surface area contributed by atoms with E-state index in [1.165, 1.54) is 23.3 Å². The van der Waals surface area contributed by atoms with Crippen molar-refractivity contribution in [3.63, 3.8) is 0 Å². The van der Waals surface area contributed by atoms with Crippen LogP contribution in [0, 0.1) is 11.8 Å². The third-order valence-corrected chi connectivity index (χ3v) is 6.59. The molecule has 4 rings (SSSR count). The van der Waals surface area contributed by atoms with Gasteiger partial charge in [-0.25, -0.2) is 0 Å². The Hall–Kier alpha value is -3.35. The van der Waals surface area contributed by atoms with E-state index in [0.29, 0.717) is 5.56 Å². The summed E-state index contributed by atoms with van der Waals surface area (Å²) in [5.74, 6) is -2.16. The Labute approximate surface area is 195 Å². The average molecular weight is 470 g/mol. The Morgan fingerprint density at radius 3 is 2.53 bits per heavy atom. The van der Waals surface area contributed by atoms with Gasteiger partial charge in [-0.1, -0.05) is 54.6 Å². The molecule has 0 radical (unpaired) electrons. The molecule has 1 N–H and O–H groups in total. The van der Waals surface area contributed by atoms with Gasteiger partial charge in [-0.2, -0.15) is 13.2 Å². The lowest BCUT2D eigenvalue weighted by molar-refractivity contribution is -0.146. The second-order valence-electron chi connectivity index (χ2n) is 8.74. The Bertz CT molecular complexity index is 1120. The summed E-state index contributed by atoms with van der Waals surface area (Å²) in [5.41, 5.74) is 3.27. The smallest absolute Gasteiger partial charge is 0.416 e.